The predicted molar refractivity (Wildman–Crippen MR) is 90.4 cm³/mol. The number of rotatable bonds is 3. The molecule has 3 heterocycles. The van der Waals surface area contributed by atoms with Gasteiger partial charge in [-0.2, -0.15) is 0 Å². The summed E-state index contributed by atoms with van der Waals surface area (Å²) < 4.78 is 7.32. The lowest BCUT2D eigenvalue weighted by atomic mass is 10.2. The first kappa shape index (κ1) is 14.2. The summed E-state index contributed by atoms with van der Waals surface area (Å²) in [6.07, 6.45) is 3.39. The SMILES string of the molecule is O=c1cc(COc2ccc(Cl)c3cccnc23)nc2sccn12. The van der Waals surface area contributed by atoms with Crippen LogP contribution in [0.2, 0.25) is 5.02 Å². The van der Waals surface area contributed by atoms with E-state index in [9.17, 15) is 4.79 Å². The fourth-order valence-electron chi connectivity index (χ4n) is 2.34. The summed E-state index contributed by atoms with van der Waals surface area (Å²) in [4.78, 5) is 21.4. The van der Waals surface area contributed by atoms with Gasteiger partial charge >= 0.3 is 0 Å². The van der Waals surface area contributed by atoms with Crippen LogP contribution >= 0.6 is 22.9 Å². The largest absolute Gasteiger partial charge is 0.485 e. The summed E-state index contributed by atoms with van der Waals surface area (Å²) in [5, 5.41) is 3.27. The molecule has 0 fully saturated rings. The Morgan fingerprint density at radius 3 is 3.13 bits per heavy atom. The Morgan fingerprint density at radius 2 is 2.22 bits per heavy atom. The van der Waals surface area contributed by atoms with Gasteiger partial charge in [0, 0.05) is 29.2 Å². The van der Waals surface area contributed by atoms with Crippen molar-refractivity contribution in [3.05, 3.63) is 69.2 Å². The first-order valence-electron chi connectivity index (χ1n) is 6.84. The van der Waals surface area contributed by atoms with Crippen molar-refractivity contribution in [3.8, 4) is 5.75 Å². The van der Waals surface area contributed by atoms with Gasteiger partial charge in [0.1, 0.15) is 17.9 Å². The van der Waals surface area contributed by atoms with Gasteiger partial charge < -0.3 is 4.74 Å². The van der Waals surface area contributed by atoms with E-state index in [1.54, 1.807) is 24.5 Å². The topological polar surface area (TPSA) is 56.5 Å². The highest BCUT2D eigenvalue weighted by molar-refractivity contribution is 7.15. The Labute approximate surface area is 139 Å². The second-order valence-electron chi connectivity index (χ2n) is 4.88. The number of benzene rings is 1. The van der Waals surface area contributed by atoms with E-state index in [0.717, 1.165) is 5.39 Å². The van der Waals surface area contributed by atoms with Gasteiger partial charge in [-0.05, 0) is 24.3 Å². The van der Waals surface area contributed by atoms with Crippen LogP contribution in [0.5, 0.6) is 5.75 Å². The molecule has 3 aromatic heterocycles. The van der Waals surface area contributed by atoms with Crippen LogP contribution in [0.1, 0.15) is 5.69 Å². The smallest absolute Gasteiger partial charge is 0.258 e. The molecule has 23 heavy (non-hydrogen) atoms. The van der Waals surface area contributed by atoms with Crippen LogP contribution in [0.3, 0.4) is 0 Å². The lowest BCUT2D eigenvalue weighted by molar-refractivity contribution is 0.304. The van der Waals surface area contributed by atoms with Gasteiger partial charge in [0.25, 0.3) is 5.56 Å². The summed E-state index contributed by atoms with van der Waals surface area (Å²) in [6.45, 7) is 0.191. The van der Waals surface area contributed by atoms with Gasteiger partial charge in [0.05, 0.1) is 10.7 Å². The average molecular weight is 344 g/mol. The van der Waals surface area contributed by atoms with E-state index in [1.165, 1.54) is 21.8 Å². The standard InChI is InChI=1S/C16H10ClN3O2S/c17-12-3-4-13(15-11(12)2-1-5-18-15)22-9-10-8-14(21)20-6-7-23-16(20)19-10/h1-8H,9H2. The van der Waals surface area contributed by atoms with E-state index in [2.05, 4.69) is 9.97 Å². The third-order valence-electron chi connectivity index (χ3n) is 3.41. The number of fused-ring (bicyclic) bond motifs is 2. The van der Waals surface area contributed by atoms with Crippen molar-refractivity contribution in [2.24, 2.45) is 0 Å². The predicted octanol–water partition coefficient (Wildman–Crippen LogP) is 3.54. The second-order valence-corrected chi connectivity index (χ2v) is 6.16. The molecule has 0 spiro atoms. The zero-order chi connectivity index (χ0) is 15.8. The van der Waals surface area contributed by atoms with Crippen LogP contribution in [-0.4, -0.2) is 14.4 Å². The average Bonchev–Trinajstić information content (AvgIpc) is 3.04. The zero-order valence-corrected chi connectivity index (χ0v) is 13.3. The molecule has 114 valence electrons. The number of hydrogen-bond acceptors (Lipinski definition) is 5. The molecule has 0 bridgehead atoms. The van der Waals surface area contributed by atoms with E-state index < -0.39 is 0 Å². The number of ether oxygens (including phenoxy) is 1. The molecular weight excluding hydrogens is 334 g/mol. The monoisotopic (exact) mass is 343 g/mol. The molecule has 0 aliphatic carbocycles. The quantitative estimate of drug-likeness (QED) is 0.571. The van der Waals surface area contributed by atoms with Crippen molar-refractivity contribution < 1.29 is 4.74 Å². The number of pyridine rings is 1. The molecule has 0 unspecified atom stereocenters. The Balaban J connectivity index is 1.68. The molecule has 4 aromatic rings. The molecule has 0 saturated carbocycles. The van der Waals surface area contributed by atoms with Crippen molar-refractivity contribution in [2.75, 3.05) is 0 Å². The minimum atomic E-state index is -0.117. The van der Waals surface area contributed by atoms with Gasteiger partial charge in [0.2, 0.25) is 0 Å². The summed E-state index contributed by atoms with van der Waals surface area (Å²) in [7, 11) is 0. The Kier molecular flexibility index (Phi) is 3.48. The number of nitrogens with zero attached hydrogens (tertiary/aromatic N) is 3. The van der Waals surface area contributed by atoms with E-state index in [-0.39, 0.29) is 12.2 Å². The van der Waals surface area contributed by atoms with E-state index >= 15 is 0 Å². The maximum absolute atomic E-state index is 12.0. The van der Waals surface area contributed by atoms with Crippen LogP contribution < -0.4 is 10.3 Å². The van der Waals surface area contributed by atoms with Crippen molar-refractivity contribution in [2.45, 2.75) is 6.61 Å². The fraction of sp³-hybridized carbons (Fsp3) is 0.0625. The lowest BCUT2D eigenvalue weighted by Gasteiger charge is -2.09. The molecule has 7 heteroatoms. The molecule has 4 rings (SSSR count). The maximum atomic E-state index is 12.0. The molecule has 0 saturated heterocycles. The Morgan fingerprint density at radius 1 is 1.30 bits per heavy atom. The lowest BCUT2D eigenvalue weighted by Crippen LogP contribution is -2.14. The highest BCUT2D eigenvalue weighted by atomic mass is 35.5. The molecule has 0 atom stereocenters. The summed E-state index contributed by atoms with van der Waals surface area (Å²) in [5.74, 6) is 0.609. The van der Waals surface area contributed by atoms with Crippen molar-refractivity contribution in [1.82, 2.24) is 14.4 Å². The molecular formula is C16H10ClN3O2S. The number of hydrogen-bond donors (Lipinski definition) is 0. The van der Waals surface area contributed by atoms with Crippen LogP contribution in [-0.2, 0) is 6.61 Å². The number of aromatic nitrogens is 3. The van der Waals surface area contributed by atoms with Gasteiger partial charge in [-0.25, -0.2) is 4.98 Å². The molecule has 0 radical (unpaired) electrons. The van der Waals surface area contributed by atoms with E-state index in [4.69, 9.17) is 16.3 Å². The first-order valence-corrected chi connectivity index (χ1v) is 8.10. The highest BCUT2D eigenvalue weighted by Crippen LogP contribution is 2.29. The molecule has 0 aliphatic heterocycles. The van der Waals surface area contributed by atoms with Crippen LogP contribution in [0.25, 0.3) is 15.9 Å². The first-order chi connectivity index (χ1) is 11.2. The van der Waals surface area contributed by atoms with Gasteiger partial charge in [-0.15, -0.1) is 11.3 Å². The van der Waals surface area contributed by atoms with Crippen LogP contribution in [0.15, 0.2) is 52.9 Å². The highest BCUT2D eigenvalue weighted by Gasteiger charge is 2.09. The van der Waals surface area contributed by atoms with E-state index in [0.29, 0.717) is 26.9 Å². The Bertz CT molecular complexity index is 1070. The summed E-state index contributed by atoms with van der Waals surface area (Å²) in [6, 6.07) is 8.73. The molecule has 0 aliphatic rings. The maximum Gasteiger partial charge on any atom is 0.258 e. The molecule has 0 N–H and O–H groups in total. The Hall–Kier alpha value is -2.44. The third kappa shape index (κ3) is 2.56. The zero-order valence-electron chi connectivity index (χ0n) is 11.8. The van der Waals surface area contributed by atoms with Gasteiger partial charge in [0.15, 0.2) is 4.96 Å². The molecule has 0 amide bonds. The molecule has 5 nitrogen and oxygen atoms in total. The van der Waals surface area contributed by atoms with Gasteiger partial charge in [-0.3, -0.25) is 14.2 Å². The number of halogens is 1. The second kappa shape index (κ2) is 5.64. The van der Waals surface area contributed by atoms with Gasteiger partial charge in [-0.1, -0.05) is 11.6 Å². The normalized spacial score (nSPS) is 11.2. The van der Waals surface area contributed by atoms with Crippen LogP contribution in [0.4, 0.5) is 0 Å². The van der Waals surface area contributed by atoms with Crippen LogP contribution in [0, 0.1) is 0 Å². The summed E-state index contributed by atoms with van der Waals surface area (Å²) >= 11 is 7.58. The van der Waals surface area contributed by atoms with Crippen molar-refractivity contribution in [1.29, 1.82) is 0 Å². The molecule has 1 aromatic carbocycles. The number of thiazole rings is 1. The third-order valence-corrected chi connectivity index (χ3v) is 4.50. The van der Waals surface area contributed by atoms with Crippen molar-refractivity contribution in [3.63, 3.8) is 0 Å². The van der Waals surface area contributed by atoms with Crippen molar-refractivity contribution >= 4 is 38.8 Å². The fourth-order valence-corrected chi connectivity index (χ4v) is 3.30. The minimum absolute atomic E-state index is 0.117. The minimum Gasteiger partial charge on any atom is -0.485 e. The van der Waals surface area contributed by atoms with E-state index in [1.807, 2.05) is 17.5 Å². The summed E-state index contributed by atoms with van der Waals surface area (Å²) in [5.41, 5.74) is 1.15.